The average Bonchev–Trinajstić information content (AvgIpc) is 2.59. The number of hydrogen-bond donors (Lipinski definition) is 0. The van der Waals surface area contributed by atoms with Gasteiger partial charge < -0.3 is 0 Å². The largest absolute Gasteiger partial charge is 0.248 e. The number of nitrogens with zero attached hydrogens (tertiary/aromatic N) is 1. The van der Waals surface area contributed by atoms with Gasteiger partial charge in [0.05, 0.1) is 11.2 Å². The SMILES string of the molecule is CCCCCCc1ccc(-c2ccc3ccccc3n2)cc1.[Ru]. The Balaban J connectivity index is 0.00000192. The molecule has 23 heavy (non-hydrogen) atoms. The second-order valence-electron chi connectivity index (χ2n) is 5.90. The number of aromatic nitrogens is 1. The zero-order chi connectivity index (χ0) is 15.2. The zero-order valence-corrected chi connectivity index (χ0v) is 15.3. The summed E-state index contributed by atoms with van der Waals surface area (Å²) in [6.45, 7) is 2.26. The van der Waals surface area contributed by atoms with Crippen molar-refractivity contribution in [3.05, 3.63) is 66.2 Å². The van der Waals surface area contributed by atoms with Crippen LogP contribution < -0.4 is 0 Å². The van der Waals surface area contributed by atoms with Gasteiger partial charge in [-0.3, -0.25) is 0 Å². The van der Waals surface area contributed by atoms with E-state index in [0.717, 1.165) is 11.2 Å². The Morgan fingerprint density at radius 3 is 2.35 bits per heavy atom. The molecule has 0 aliphatic rings. The summed E-state index contributed by atoms with van der Waals surface area (Å²) < 4.78 is 0. The molecule has 0 aliphatic heterocycles. The van der Waals surface area contributed by atoms with Crippen LogP contribution in [0.2, 0.25) is 0 Å². The molecule has 3 rings (SSSR count). The van der Waals surface area contributed by atoms with E-state index in [-0.39, 0.29) is 19.5 Å². The van der Waals surface area contributed by atoms with Gasteiger partial charge in [0.1, 0.15) is 0 Å². The molecular formula is C21H23NRu. The first-order valence-corrected chi connectivity index (χ1v) is 8.32. The molecule has 0 unspecified atom stereocenters. The molecule has 0 aliphatic carbocycles. The molecule has 3 aromatic rings. The quantitative estimate of drug-likeness (QED) is 0.370. The second-order valence-corrected chi connectivity index (χ2v) is 5.90. The number of hydrogen-bond acceptors (Lipinski definition) is 1. The summed E-state index contributed by atoms with van der Waals surface area (Å²) >= 11 is 0. The standard InChI is InChI=1S/C21H23N.Ru/c1-2-3-4-5-8-17-11-13-19(14-12-17)21-16-15-18-9-6-7-10-20(18)22-21;/h6-7,9-16H,2-5,8H2,1H3;. The summed E-state index contributed by atoms with van der Waals surface area (Å²) in [7, 11) is 0. The number of para-hydroxylation sites is 1. The number of aryl methyl sites for hydroxylation is 1. The minimum atomic E-state index is 0. The van der Waals surface area contributed by atoms with Gasteiger partial charge in [-0.05, 0) is 30.5 Å². The van der Waals surface area contributed by atoms with E-state index in [1.807, 2.05) is 6.07 Å². The summed E-state index contributed by atoms with van der Waals surface area (Å²) in [6, 6.07) is 21.4. The monoisotopic (exact) mass is 391 g/mol. The van der Waals surface area contributed by atoms with Crippen LogP contribution >= 0.6 is 0 Å². The molecule has 2 aromatic carbocycles. The molecule has 0 amide bonds. The van der Waals surface area contributed by atoms with E-state index in [4.69, 9.17) is 4.98 Å². The predicted molar refractivity (Wildman–Crippen MR) is 95.0 cm³/mol. The molecule has 0 saturated carbocycles. The van der Waals surface area contributed by atoms with E-state index >= 15 is 0 Å². The molecule has 120 valence electrons. The fourth-order valence-corrected chi connectivity index (χ4v) is 2.82. The number of benzene rings is 2. The summed E-state index contributed by atoms with van der Waals surface area (Å²) in [6.07, 6.45) is 6.46. The van der Waals surface area contributed by atoms with E-state index in [2.05, 4.69) is 61.5 Å². The minimum Gasteiger partial charge on any atom is -0.248 e. The molecule has 0 atom stereocenters. The normalized spacial score (nSPS) is 10.5. The van der Waals surface area contributed by atoms with Crippen molar-refractivity contribution >= 4 is 10.9 Å². The number of fused-ring (bicyclic) bond motifs is 1. The van der Waals surface area contributed by atoms with Gasteiger partial charge in [-0.15, -0.1) is 0 Å². The van der Waals surface area contributed by atoms with Gasteiger partial charge in [-0.25, -0.2) is 4.98 Å². The summed E-state index contributed by atoms with van der Waals surface area (Å²) in [5.74, 6) is 0. The molecule has 0 saturated heterocycles. The zero-order valence-electron chi connectivity index (χ0n) is 13.6. The maximum Gasteiger partial charge on any atom is 0.0709 e. The van der Waals surface area contributed by atoms with Gasteiger partial charge in [0.2, 0.25) is 0 Å². The second kappa shape index (κ2) is 8.94. The topological polar surface area (TPSA) is 12.9 Å². The number of unbranched alkanes of at least 4 members (excludes halogenated alkanes) is 3. The van der Waals surface area contributed by atoms with E-state index < -0.39 is 0 Å². The Hall–Kier alpha value is -1.53. The predicted octanol–water partition coefficient (Wildman–Crippen LogP) is 6.02. The van der Waals surface area contributed by atoms with Crippen molar-refractivity contribution in [2.75, 3.05) is 0 Å². The van der Waals surface area contributed by atoms with Crippen LogP contribution in [-0.4, -0.2) is 4.98 Å². The third-order valence-corrected chi connectivity index (χ3v) is 4.17. The van der Waals surface area contributed by atoms with Gasteiger partial charge in [0.25, 0.3) is 0 Å². The Morgan fingerprint density at radius 1 is 0.783 bits per heavy atom. The third-order valence-electron chi connectivity index (χ3n) is 4.17. The van der Waals surface area contributed by atoms with Crippen molar-refractivity contribution in [1.29, 1.82) is 0 Å². The van der Waals surface area contributed by atoms with Crippen molar-refractivity contribution < 1.29 is 19.5 Å². The van der Waals surface area contributed by atoms with Gasteiger partial charge in [-0.1, -0.05) is 74.7 Å². The third kappa shape index (κ3) is 4.72. The van der Waals surface area contributed by atoms with Crippen molar-refractivity contribution in [3.63, 3.8) is 0 Å². The summed E-state index contributed by atoms with van der Waals surface area (Å²) in [5.41, 5.74) is 4.74. The Labute approximate surface area is 151 Å². The fraction of sp³-hybridized carbons (Fsp3) is 0.286. The molecule has 1 heterocycles. The van der Waals surface area contributed by atoms with Crippen LogP contribution in [0.15, 0.2) is 60.7 Å². The van der Waals surface area contributed by atoms with Crippen LogP contribution in [0.25, 0.3) is 22.2 Å². The molecule has 0 bridgehead atoms. The Morgan fingerprint density at radius 2 is 1.57 bits per heavy atom. The number of rotatable bonds is 6. The summed E-state index contributed by atoms with van der Waals surface area (Å²) in [4.78, 5) is 4.76. The van der Waals surface area contributed by atoms with Crippen molar-refractivity contribution in [1.82, 2.24) is 4.98 Å². The summed E-state index contributed by atoms with van der Waals surface area (Å²) in [5, 5.41) is 1.19. The first-order valence-electron chi connectivity index (χ1n) is 8.32. The van der Waals surface area contributed by atoms with Crippen LogP contribution in [0.1, 0.15) is 38.2 Å². The van der Waals surface area contributed by atoms with Gasteiger partial charge in [-0.2, -0.15) is 0 Å². The smallest absolute Gasteiger partial charge is 0.0709 e. The van der Waals surface area contributed by atoms with Crippen molar-refractivity contribution in [2.24, 2.45) is 0 Å². The molecule has 1 aromatic heterocycles. The van der Waals surface area contributed by atoms with Gasteiger partial charge in [0.15, 0.2) is 0 Å². The van der Waals surface area contributed by atoms with Gasteiger partial charge >= 0.3 is 0 Å². The number of pyridine rings is 1. The first-order chi connectivity index (χ1) is 10.9. The first kappa shape index (κ1) is 17.8. The average molecular weight is 390 g/mol. The molecule has 0 radical (unpaired) electrons. The van der Waals surface area contributed by atoms with Crippen LogP contribution in [0.3, 0.4) is 0 Å². The molecular weight excluding hydrogens is 367 g/mol. The van der Waals surface area contributed by atoms with Crippen LogP contribution in [-0.2, 0) is 25.9 Å². The van der Waals surface area contributed by atoms with Gasteiger partial charge in [0, 0.05) is 30.4 Å². The van der Waals surface area contributed by atoms with Crippen molar-refractivity contribution in [2.45, 2.75) is 39.0 Å². The minimum absolute atomic E-state index is 0. The molecule has 0 N–H and O–H groups in total. The van der Waals surface area contributed by atoms with Crippen LogP contribution in [0.5, 0.6) is 0 Å². The Kier molecular flexibility index (Phi) is 6.93. The maximum absolute atomic E-state index is 4.76. The van der Waals surface area contributed by atoms with E-state index in [1.54, 1.807) is 0 Å². The molecule has 2 heteroatoms. The van der Waals surface area contributed by atoms with Crippen LogP contribution in [0.4, 0.5) is 0 Å². The van der Waals surface area contributed by atoms with Crippen LogP contribution in [0, 0.1) is 0 Å². The molecule has 1 nitrogen and oxygen atoms in total. The van der Waals surface area contributed by atoms with Crippen molar-refractivity contribution in [3.8, 4) is 11.3 Å². The van der Waals surface area contributed by atoms with E-state index in [9.17, 15) is 0 Å². The Bertz CT molecular complexity index is 734. The van der Waals surface area contributed by atoms with E-state index in [1.165, 1.54) is 48.6 Å². The molecule has 0 fully saturated rings. The van der Waals surface area contributed by atoms with E-state index in [0.29, 0.717) is 0 Å². The molecule has 0 spiro atoms. The maximum atomic E-state index is 4.76. The fourth-order valence-electron chi connectivity index (χ4n) is 2.82.